The van der Waals surface area contributed by atoms with Crippen LogP contribution in [-0.4, -0.2) is 9.97 Å². The summed E-state index contributed by atoms with van der Waals surface area (Å²) in [7, 11) is 0. The zero-order valence-electron chi connectivity index (χ0n) is 10.5. The molecule has 1 aromatic carbocycles. The van der Waals surface area contributed by atoms with Crippen molar-refractivity contribution in [1.82, 2.24) is 9.97 Å². The zero-order valence-corrected chi connectivity index (χ0v) is 11.3. The molecule has 0 amide bonds. The second-order valence-electron chi connectivity index (χ2n) is 4.39. The van der Waals surface area contributed by atoms with Crippen molar-refractivity contribution in [2.45, 2.75) is 13.0 Å². The number of aromatic nitrogens is 2. The van der Waals surface area contributed by atoms with Gasteiger partial charge in [-0.1, -0.05) is 12.1 Å². The van der Waals surface area contributed by atoms with E-state index in [1.807, 2.05) is 35.7 Å². The smallest absolute Gasteiger partial charge is 0.138 e. The summed E-state index contributed by atoms with van der Waals surface area (Å²) in [4.78, 5) is 9.57. The van der Waals surface area contributed by atoms with Gasteiger partial charge in [-0.25, -0.2) is 9.97 Å². The Hall–Kier alpha value is -2.14. The third kappa shape index (κ3) is 2.37. The van der Waals surface area contributed by atoms with Gasteiger partial charge in [0.25, 0.3) is 0 Å². The maximum atomic E-state index is 5.70. The van der Waals surface area contributed by atoms with E-state index in [0.717, 1.165) is 21.7 Å². The summed E-state index contributed by atoms with van der Waals surface area (Å²) in [5, 5.41) is 6.51. The van der Waals surface area contributed by atoms with Crippen LogP contribution in [0.5, 0.6) is 0 Å². The third-order valence-electron chi connectivity index (χ3n) is 3.05. The minimum atomic E-state index is 0.165. The number of hydrogen-bond acceptors (Lipinski definition) is 5. The number of nitrogen functional groups attached to an aromatic ring is 1. The van der Waals surface area contributed by atoms with Crippen molar-refractivity contribution in [2.24, 2.45) is 0 Å². The van der Waals surface area contributed by atoms with Crippen molar-refractivity contribution in [2.75, 3.05) is 11.1 Å². The van der Waals surface area contributed by atoms with Gasteiger partial charge in [0.15, 0.2) is 0 Å². The summed E-state index contributed by atoms with van der Waals surface area (Å²) in [6.07, 6.45) is 1.59. The molecule has 4 nitrogen and oxygen atoms in total. The summed E-state index contributed by atoms with van der Waals surface area (Å²) in [5.74, 6) is 0.871. The Balaban J connectivity index is 1.88. The monoisotopic (exact) mass is 270 g/mol. The number of benzene rings is 1. The molecule has 2 heterocycles. The van der Waals surface area contributed by atoms with Crippen LogP contribution in [0.1, 0.15) is 18.5 Å². The zero-order chi connectivity index (χ0) is 13.2. The molecule has 0 saturated carbocycles. The summed E-state index contributed by atoms with van der Waals surface area (Å²) < 4.78 is 0. The second-order valence-corrected chi connectivity index (χ2v) is 5.29. The Morgan fingerprint density at radius 2 is 1.95 bits per heavy atom. The molecule has 0 fully saturated rings. The lowest BCUT2D eigenvalue weighted by molar-refractivity contribution is 0.876. The lowest BCUT2D eigenvalue weighted by Gasteiger charge is -2.15. The second kappa shape index (κ2) is 4.85. The van der Waals surface area contributed by atoms with Gasteiger partial charge in [0.05, 0.1) is 5.39 Å². The fraction of sp³-hybridized carbons (Fsp3) is 0.143. The first-order chi connectivity index (χ1) is 9.24. The van der Waals surface area contributed by atoms with Crippen molar-refractivity contribution < 1.29 is 0 Å². The standard InChI is InChI=1S/C14H14N4S/c1-9(10-2-4-11(15)5-3-10)18-13-12-6-7-19-14(12)17-8-16-13/h2-9H,15H2,1H3,(H,16,17,18)/t9-/m0/s1. The molecule has 5 heteroatoms. The molecular formula is C14H14N4S. The molecule has 3 rings (SSSR count). The Morgan fingerprint density at radius 3 is 2.74 bits per heavy atom. The van der Waals surface area contributed by atoms with E-state index in [9.17, 15) is 0 Å². The molecule has 3 N–H and O–H groups in total. The fourth-order valence-corrected chi connectivity index (χ4v) is 2.71. The highest BCUT2D eigenvalue weighted by molar-refractivity contribution is 7.16. The summed E-state index contributed by atoms with van der Waals surface area (Å²) in [6.45, 7) is 2.10. The van der Waals surface area contributed by atoms with E-state index in [1.54, 1.807) is 17.7 Å². The minimum absolute atomic E-state index is 0.165. The fourth-order valence-electron chi connectivity index (χ4n) is 1.98. The highest BCUT2D eigenvalue weighted by Gasteiger charge is 2.09. The highest BCUT2D eigenvalue weighted by atomic mass is 32.1. The van der Waals surface area contributed by atoms with Crippen molar-refractivity contribution in [3.05, 3.63) is 47.6 Å². The SMILES string of the molecule is C[C@H](Nc1ncnc2sccc12)c1ccc(N)cc1. The Morgan fingerprint density at radius 1 is 1.16 bits per heavy atom. The maximum Gasteiger partial charge on any atom is 0.138 e. The van der Waals surface area contributed by atoms with E-state index < -0.39 is 0 Å². The van der Waals surface area contributed by atoms with Crippen LogP contribution in [0.2, 0.25) is 0 Å². The van der Waals surface area contributed by atoms with E-state index in [2.05, 4.69) is 22.2 Å². The van der Waals surface area contributed by atoms with Gasteiger partial charge < -0.3 is 11.1 Å². The Bertz CT molecular complexity index is 690. The van der Waals surface area contributed by atoms with E-state index in [-0.39, 0.29) is 6.04 Å². The maximum absolute atomic E-state index is 5.70. The van der Waals surface area contributed by atoms with Crippen LogP contribution in [-0.2, 0) is 0 Å². The quantitative estimate of drug-likeness (QED) is 0.715. The molecule has 0 bridgehead atoms. The predicted molar refractivity (Wildman–Crippen MR) is 80.3 cm³/mol. The molecule has 0 aliphatic heterocycles. The van der Waals surface area contributed by atoms with Crippen molar-refractivity contribution in [1.29, 1.82) is 0 Å². The molecule has 0 unspecified atom stereocenters. The first-order valence-electron chi connectivity index (χ1n) is 6.04. The predicted octanol–water partition coefficient (Wildman–Crippen LogP) is 3.45. The van der Waals surface area contributed by atoms with Crippen LogP contribution in [0, 0.1) is 0 Å². The highest BCUT2D eigenvalue weighted by Crippen LogP contribution is 2.27. The number of thiophene rings is 1. The number of fused-ring (bicyclic) bond motifs is 1. The number of nitrogens with zero attached hydrogens (tertiary/aromatic N) is 2. The van der Waals surface area contributed by atoms with E-state index in [4.69, 9.17) is 5.73 Å². The van der Waals surface area contributed by atoms with Crippen LogP contribution < -0.4 is 11.1 Å². The lowest BCUT2D eigenvalue weighted by atomic mass is 10.1. The van der Waals surface area contributed by atoms with Gasteiger partial charge in [-0.3, -0.25) is 0 Å². The minimum Gasteiger partial charge on any atom is -0.399 e. The first kappa shape index (κ1) is 11.9. The van der Waals surface area contributed by atoms with E-state index in [0.29, 0.717) is 0 Å². The van der Waals surface area contributed by atoms with Gasteiger partial charge in [-0.15, -0.1) is 11.3 Å². The Kier molecular flexibility index (Phi) is 3.05. The number of anilines is 2. The topological polar surface area (TPSA) is 63.8 Å². The first-order valence-corrected chi connectivity index (χ1v) is 6.92. The largest absolute Gasteiger partial charge is 0.399 e. The summed E-state index contributed by atoms with van der Waals surface area (Å²) >= 11 is 1.62. The number of rotatable bonds is 3. The van der Waals surface area contributed by atoms with Crippen molar-refractivity contribution >= 4 is 33.1 Å². The molecule has 19 heavy (non-hydrogen) atoms. The van der Waals surface area contributed by atoms with E-state index in [1.165, 1.54) is 5.56 Å². The third-order valence-corrected chi connectivity index (χ3v) is 3.87. The van der Waals surface area contributed by atoms with Crippen molar-refractivity contribution in [3.8, 4) is 0 Å². The van der Waals surface area contributed by atoms with Gasteiger partial charge in [0.1, 0.15) is 17.0 Å². The van der Waals surface area contributed by atoms with Crippen molar-refractivity contribution in [3.63, 3.8) is 0 Å². The number of hydrogen-bond donors (Lipinski definition) is 2. The van der Waals surface area contributed by atoms with Gasteiger partial charge in [-0.2, -0.15) is 0 Å². The normalized spacial score (nSPS) is 12.5. The van der Waals surface area contributed by atoms with Gasteiger partial charge in [0.2, 0.25) is 0 Å². The molecule has 96 valence electrons. The van der Waals surface area contributed by atoms with Crippen LogP contribution in [0.15, 0.2) is 42.0 Å². The molecular weight excluding hydrogens is 256 g/mol. The van der Waals surface area contributed by atoms with Crippen LogP contribution >= 0.6 is 11.3 Å². The van der Waals surface area contributed by atoms with Gasteiger partial charge in [0, 0.05) is 11.7 Å². The molecule has 1 atom stereocenters. The molecule has 0 saturated heterocycles. The average molecular weight is 270 g/mol. The molecule has 0 spiro atoms. The summed E-state index contributed by atoms with van der Waals surface area (Å²) in [6, 6.07) is 10.1. The van der Waals surface area contributed by atoms with Crippen LogP contribution in [0.3, 0.4) is 0 Å². The van der Waals surface area contributed by atoms with E-state index >= 15 is 0 Å². The lowest BCUT2D eigenvalue weighted by Crippen LogP contribution is -2.08. The molecule has 2 aromatic heterocycles. The van der Waals surface area contributed by atoms with Crippen LogP contribution in [0.25, 0.3) is 10.2 Å². The Labute approximate surface area is 115 Å². The van der Waals surface area contributed by atoms with Gasteiger partial charge >= 0.3 is 0 Å². The van der Waals surface area contributed by atoms with Gasteiger partial charge in [-0.05, 0) is 36.1 Å². The molecule has 0 aliphatic rings. The number of nitrogens with two attached hydrogens (primary N) is 1. The molecule has 0 aliphatic carbocycles. The summed E-state index contributed by atoms with van der Waals surface area (Å²) in [5.41, 5.74) is 7.65. The number of nitrogens with one attached hydrogen (secondary N) is 1. The molecule has 3 aromatic rings. The average Bonchev–Trinajstić information content (AvgIpc) is 2.89. The molecule has 0 radical (unpaired) electrons. The van der Waals surface area contributed by atoms with Crippen LogP contribution in [0.4, 0.5) is 11.5 Å².